The fraction of sp³-hybridized carbons (Fsp3) is 0.400. The molecule has 102 valence electrons. The van der Waals surface area contributed by atoms with Crippen molar-refractivity contribution in [3.63, 3.8) is 0 Å². The molecule has 0 bridgehead atoms. The number of nitrogens with two attached hydrogens (primary N) is 1. The van der Waals surface area contributed by atoms with E-state index < -0.39 is 0 Å². The number of para-hydroxylation sites is 1. The van der Waals surface area contributed by atoms with Gasteiger partial charge in [0.05, 0.1) is 18.2 Å². The van der Waals surface area contributed by atoms with Crippen LogP contribution in [0.3, 0.4) is 0 Å². The molecule has 2 N–H and O–H groups in total. The lowest BCUT2D eigenvalue weighted by molar-refractivity contribution is 0.290. The van der Waals surface area contributed by atoms with Gasteiger partial charge in [-0.3, -0.25) is 0 Å². The number of hydrogen-bond acceptors (Lipinski definition) is 3. The van der Waals surface area contributed by atoms with E-state index in [1.54, 1.807) is 0 Å². The van der Waals surface area contributed by atoms with E-state index in [0.29, 0.717) is 6.61 Å². The third kappa shape index (κ3) is 3.15. The second kappa shape index (κ2) is 6.38. The summed E-state index contributed by atoms with van der Waals surface area (Å²) in [6.45, 7) is 5.58. The zero-order valence-electron chi connectivity index (χ0n) is 11.5. The van der Waals surface area contributed by atoms with Crippen LogP contribution in [0.2, 0.25) is 0 Å². The molecule has 0 fully saturated rings. The number of aromatic nitrogens is 2. The minimum Gasteiger partial charge on any atom is -0.487 e. The zero-order chi connectivity index (χ0) is 13.7. The topological polar surface area (TPSA) is 53.1 Å². The molecular formula is C15H21N3O. The van der Waals surface area contributed by atoms with Crippen molar-refractivity contribution in [3.05, 3.63) is 48.0 Å². The van der Waals surface area contributed by atoms with Crippen LogP contribution in [0, 0.1) is 0 Å². The number of hydrogen-bond donors (Lipinski definition) is 1. The summed E-state index contributed by atoms with van der Waals surface area (Å²) in [5.41, 5.74) is 8.24. The van der Waals surface area contributed by atoms with Gasteiger partial charge < -0.3 is 15.0 Å². The first kappa shape index (κ1) is 13.6. The largest absolute Gasteiger partial charge is 0.487 e. The molecule has 1 atom stereocenters. The number of ether oxygens (including phenoxy) is 1. The summed E-state index contributed by atoms with van der Waals surface area (Å²) >= 11 is 0. The maximum atomic E-state index is 6.10. The molecule has 1 unspecified atom stereocenters. The Balaban J connectivity index is 2.11. The van der Waals surface area contributed by atoms with Crippen LogP contribution in [0.15, 0.2) is 36.8 Å². The molecule has 1 heterocycles. The van der Waals surface area contributed by atoms with Gasteiger partial charge in [-0.05, 0) is 19.4 Å². The number of rotatable bonds is 6. The van der Waals surface area contributed by atoms with Gasteiger partial charge in [0, 0.05) is 18.2 Å². The van der Waals surface area contributed by atoms with Crippen LogP contribution >= 0.6 is 0 Å². The van der Waals surface area contributed by atoms with Crippen molar-refractivity contribution < 1.29 is 4.74 Å². The predicted molar refractivity (Wildman–Crippen MR) is 75.9 cm³/mol. The van der Waals surface area contributed by atoms with Crippen molar-refractivity contribution >= 4 is 0 Å². The lowest BCUT2D eigenvalue weighted by Crippen LogP contribution is -2.11. The molecule has 4 heteroatoms. The average molecular weight is 259 g/mol. The summed E-state index contributed by atoms with van der Waals surface area (Å²) < 4.78 is 7.98. The zero-order valence-corrected chi connectivity index (χ0v) is 11.5. The highest BCUT2D eigenvalue weighted by atomic mass is 16.5. The Morgan fingerprint density at radius 1 is 1.32 bits per heavy atom. The first-order chi connectivity index (χ1) is 9.26. The first-order valence-electron chi connectivity index (χ1n) is 6.72. The molecule has 2 aromatic rings. The monoisotopic (exact) mass is 259 g/mol. The summed E-state index contributed by atoms with van der Waals surface area (Å²) in [6, 6.07) is 7.98. The third-order valence-corrected chi connectivity index (χ3v) is 3.27. The molecule has 19 heavy (non-hydrogen) atoms. The van der Waals surface area contributed by atoms with Gasteiger partial charge >= 0.3 is 0 Å². The van der Waals surface area contributed by atoms with E-state index in [0.717, 1.165) is 30.0 Å². The van der Waals surface area contributed by atoms with Crippen molar-refractivity contribution in [3.8, 4) is 5.75 Å². The SMILES string of the molecule is CCC(N)c1ccccc1OCc1cncn1CC. The van der Waals surface area contributed by atoms with Crippen molar-refractivity contribution in [1.82, 2.24) is 9.55 Å². The second-order valence-corrected chi connectivity index (χ2v) is 4.51. The highest BCUT2D eigenvalue weighted by molar-refractivity contribution is 5.35. The second-order valence-electron chi connectivity index (χ2n) is 4.51. The van der Waals surface area contributed by atoms with Gasteiger partial charge in [0.15, 0.2) is 0 Å². The highest BCUT2D eigenvalue weighted by Crippen LogP contribution is 2.26. The van der Waals surface area contributed by atoms with Crippen LogP contribution in [0.5, 0.6) is 5.75 Å². The molecule has 0 saturated heterocycles. The van der Waals surface area contributed by atoms with Crippen molar-refractivity contribution in [2.24, 2.45) is 5.73 Å². The Hall–Kier alpha value is -1.81. The van der Waals surface area contributed by atoms with E-state index in [1.807, 2.05) is 36.8 Å². The first-order valence-corrected chi connectivity index (χ1v) is 6.72. The van der Waals surface area contributed by atoms with Crippen LogP contribution in [0.1, 0.15) is 37.6 Å². The molecule has 4 nitrogen and oxygen atoms in total. The molecule has 1 aromatic heterocycles. The fourth-order valence-electron chi connectivity index (χ4n) is 2.04. The molecule has 0 amide bonds. The molecule has 2 rings (SSSR count). The molecule has 1 aromatic carbocycles. The molecule has 0 aliphatic heterocycles. The Morgan fingerprint density at radius 2 is 2.11 bits per heavy atom. The highest BCUT2D eigenvalue weighted by Gasteiger charge is 2.10. The smallest absolute Gasteiger partial charge is 0.130 e. The normalized spacial score (nSPS) is 12.4. The van der Waals surface area contributed by atoms with E-state index in [-0.39, 0.29) is 6.04 Å². The maximum absolute atomic E-state index is 6.10. The van der Waals surface area contributed by atoms with Crippen LogP contribution in [-0.4, -0.2) is 9.55 Å². The standard InChI is InChI=1S/C15H21N3O/c1-3-14(16)13-7-5-6-8-15(13)19-10-12-9-17-11-18(12)4-2/h5-9,11,14H,3-4,10,16H2,1-2H3. The molecule has 0 aliphatic carbocycles. The summed E-state index contributed by atoms with van der Waals surface area (Å²) in [5.74, 6) is 0.862. The van der Waals surface area contributed by atoms with E-state index in [1.165, 1.54) is 0 Å². The van der Waals surface area contributed by atoms with Gasteiger partial charge in [-0.25, -0.2) is 4.98 Å². The molecule has 0 aliphatic rings. The van der Waals surface area contributed by atoms with Gasteiger partial charge in [0.1, 0.15) is 12.4 Å². The minimum absolute atomic E-state index is 0.0206. The number of nitrogens with zero attached hydrogens (tertiary/aromatic N) is 2. The van der Waals surface area contributed by atoms with Crippen LogP contribution in [-0.2, 0) is 13.2 Å². The Kier molecular flexibility index (Phi) is 4.58. The van der Waals surface area contributed by atoms with Crippen LogP contribution < -0.4 is 10.5 Å². The maximum Gasteiger partial charge on any atom is 0.130 e. The number of aryl methyl sites for hydroxylation is 1. The van der Waals surface area contributed by atoms with Crippen molar-refractivity contribution in [2.45, 2.75) is 39.5 Å². The summed E-state index contributed by atoms with van der Waals surface area (Å²) in [6.07, 6.45) is 4.56. The molecule has 0 spiro atoms. The Bertz CT molecular complexity index is 522. The van der Waals surface area contributed by atoms with E-state index in [4.69, 9.17) is 10.5 Å². The summed E-state index contributed by atoms with van der Waals surface area (Å²) in [5, 5.41) is 0. The van der Waals surface area contributed by atoms with Gasteiger partial charge in [-0.2, -0.15) is 0 Å². The van der Waals surface area contributed by atoms with Gasteiger partial charge in [-0.1, -0.05) is 25.1 Å². The Labute approximate surface area is 114 Å². The van der Waals surface area contributed by atoms with Gasteiger partial charge in [0.25, 0.3) is 0 Å². The molecular weight excluding hydrogens is 238 g/mol. The van der Waals surface area contributed by atoms with Crippen molar-refractivity contribution in [2.75, 3.05) is 0 Å². The number of imidazole rings is 1. The van der Waals surface area contributed by atoms with Crippen molar-refractivity contribution in [1.29, 1.82) is 0 Å². The minimum atomic E-state index is 0.0206. The third-order valence-electron chi connectivity index (χ3n) is 3.27. The van der Waals surface area contributed by atoms with Crippen LogP contribution in [0.4, 0.5) is 0 Å². The fourth-order valence-corrected chi connectivity index (χ4v) is 2.04. The van der Waals surface area contributed by atoms with E-state index in [9.17, 15) is 0 Å². The summed E-state index contributed by atoms with van der Waals surface area (Å²) in [4.78, 5) is 4.14. The van der Waals surface area contributed by atoms with Gasteiger partial charge in [-0.15, -0.1) is 0 Å². The Morgan fingerprint density at radius 3 is 2.84 bits per heavy atom. The lowest BCUT2D eigenvalue weighted by atomic mass is 10.0. The quantitative estimate of drug-likeness (QED) is 0.867. The van der Waals surface area contributed by atoms with Crippen LogP contribution in [0.25, 0.3) is 0 Å². The number of benzene rings is 1. The summed E-state index contributed by atoms with van der Waals surface area (Å²) in [7, 11) is 0. The predicted octanol–water partition coefficient (Wildman–Crippen LogP) is 2.89. The van der Waals surface area contributed by atoms with E-state index in [2.05, 4.69) is 23.4 Å². The lowest BCUT2D eigenvalue weighted by Gasteiger charge is -2.16. The molecule has 0 radical (unpaired) electrons. The van der Waals surface area contributed by atoms with Gasteiger partial charge in [0.2, 0.25) is 0 Å². The van der Waals surface area contributed by atoms with E-state index >= 15 is 0 Å². The molecule has 0 saturated carbocycles. The average Bonchev–Trinajstić information content (AvgIpc) is 2.92.